The van der Waals surface area contributed by atoms with Crippen molar-refractivity contribution in [2.24, 2.45) is 5.92 Å². The molecule has 6 nitrogen and oxygen atoms in total. The fourth-order valence-electron chi connectivity index (χ4n) is 3.32. The Kier molecular flexibility index (Phi) is 5.69. The van der Waals surface area contributed by atoms with Crippen LogP contribution in [-0.2, 0) is 16.1 Å². The molecule has 2 unspecified atom stereocenters. The number of amides is 1. The molecule has 1 amide bonds. The Hall–Kier alpha value is -2.70. The number of carbonyl (C=O) groups excluding carboxylic acids is 1. The van der Waals surface area contributed by atoms with E-state index in [4.69, 9.17) is 14.0 Å². The first-order chi connectivity index (χ1) is 13.7. The fourth-order valence-corrected chi connectivity index (χ4v) is 3.32. The molecule has 0 radical (unpaired) electrons. The zero-order chi connectivity index (χ0) is 19.3. The summed E-state index contributed by atoms with van der Waals surface area (Å²) in [7, 11) is 0. The SMILES string of the molecule is CC(OCc1cc(C(=O)NCC2CCOC2)no1)c1ccc2ccccc2c1. The molecular weight excluding hydrogens is 356 g/mol. The van der Waals surface area contributed by atoms with Gasteiger partial charge in [-0.15, -0.1) is 0 Å². The van der Waals surface area contributed by atoms with Gasteiger partial charge in [0.25, 0.3) is 5.91 Å². The van der Waals surface area contributed by atoms with E-state index in [1.165, 1.54) is 10.8 Å². The zero-order valence-corrected chi connectivity index (χ0v) is 15.9. The maximum atomic E-state index is 12.2. The molecule has 28 heavy (non-hydrogen) atoms. The number of nitrogens with one attached hydrogen (secondary N) is 1. The first-order valence-electron chi connectivity index (χ1n) is 9.61. The van der Waals surface area contributed by atoms with E-state index in [1.807, 2.05) is 19.1 Å². The van der Waals surface area contributed by atoms with Crippen molar-refractivity contribution in [1.29, 1.82) is 0 Å². The minimum atomic E-state index is -0.232. The highest BCUT2D eigenvalue weighted by molar-refractivity contribution is 5.92. The van der Waals surface area contributed by atoms with Crippen LogP contribution in [0.3, 0.4) is 0 Å². The van der Waals surface area contributed by atoms with Crippen LogP contribution in [0.1, 0.15) is 41.3 Å². The Bertz CT molecular complexity index is 946. The smallest absolute Gasteiger partial charge is 0.273 e. The number of benzene rings is 2. The number of nitrogens with zero attached hydrogens (tertiary/aromatic N) is 1. The standard InChI is InChI=1S/C22H24N2O4/c1-15(18-7-6-17-4-2-3-5-19(17)10-18)27-14-20-11-21(24-28-20)22(25)23-12-16-8-9-26-13-16/h2-7,10-11,15-16H,8-9,12-14H2,1H3,(H,23,25). The molecular formula is C22H24N2O4. The summed E-state index contributed by atoms with van der Waals surface area (Å²) in [5.74, 6) is 0.674. The highest BCUT2D eigenvalue weighted by Gasteiger charge is 2.19. The first-order valence-corrected chi connectivity index (χ1v) is 9.61. The van der Waals surface area contributed by atoms with Gasteiger partial charge < -0.3 is 19.3 Å². The third-order valence-electron chi connectivity index (χ3n) is 5.09. The number of ether oxygens (including phenoxy) is 2. The summed E-state index contributed by atoms with van der Waals surface area (Å²) in [6, 6.07) is 16.2. The van der Waals surface area contributed by atoms with Crippen molar-refractivity contribution in [1.82, 2.24) is 10.5 Å². The molecule has 1 aliphatic heterocycles. The molecule has 146 valence electrons. The summed E-state index contributed by atoms with van der Waals surface area (Å²) in [6.45, 7) is 4.31. The summed E-state index contributed by atoms with van der Waals surface area (Å²) in [5, 5.41) is 9.12. The van der Waals surface area contributed by atoms with E-state index in [1.54, 1.807) is 6.07 Å². The Balaban J connectivity index is 1.31. The third-order valence-corrected chi connectivity index (χ3v) is 5.09. The minimum absolute atomic E-state index is 0.102. The number of hydrogen-bond donors (Lipinski definition) is 1. The lowest BCUT2D eigenvalue weighted by Gasteiger charge is -2.13. The van der Waals surface area contributed by atoms with Crippen molar-refractivity contribution in [3.8, 4) is 0 Å². The van der Waals surface area contributed by atoms with Gasteiger partial charge in [0, 0.05) is 25.1 Å². The van der Waals surface area contributed by atoms with Gasteiger partial charge in [0.2, 0.25) is 0 Å². The second-order valence-electron chi connectivity index (χ2n) is 7.18. The maximum absolute atomic E-state index is 12.2. The summed E-state index contributed by atoms with van der Waals surface area (Å²) in [6.07, 6.45) is 0.875. The van der Waals surface area contributed by atoms with Crippen LogP contribution < -0.4 is 5.32 Å². The molecule has 1 aromatic heterocycles. The van der Waals surface area contributed by atoms with Crippen molar-refractivity contribution >= 4 is 16.7 Å². The van der Waals surface area contributed by atoms with Crippen LogP contribution >= 0.6 is 0 Å². The predicted molar refractivity (Wildman–Crippen MR) is 105 cm³/mol. The number of carbonyl (C=O) groups is 1. The summed E-state index contributed by atoms with van der Waals surface area (Å²) < 4.78 is 16.5. The van der Waals surface area contributed by atoms with E-state index in [0.29, 0.717) is 24.8 Å². The van der Waals surface area contributed by atoms with E-state index in [9.17, 15) is 4.79 Å². The average Bonchev–Trinajstić information content (AvgIpc) is 3.42. The van der Waals surface area contributed by atoms with E-state index in [2.05, 4.69) is 40.8 Å². The third kappa shape index (κ3) is 4.40. The van der Waals surface area contributed by atoms with Crippen LogP contribution in [-0.4, -0.2) is 30.8 Å². The fraction of sp³-hybridized carbons (Fsp3) is 0.364. The van der Waals surface area contributed by atoms with E-state index >= 15 is 0 Å². The van der Waals surface area contributed by atoms with Crippen molar-refractivity contribution in [2.45, 2.75) is 26.1 Å². The van der Waals surface area contributed by atoms with Gasteiger partial charge in [-0.1, -0.05) is 41.6 Å². The Morgan fingerprint density at radius 3 is 2.93 bits per heavy atom. The van der Waals surface area contributed by atoms with Gasteiger partial charge in [0.15, 0.2) is 11.5 Å². The molecule has 1 aliphatic rings. The molecule has 0 spiro atoms. The van der Waals surface area contributed by atoms with Gasteiger partial charge in [0.05, 0.1) is 12.7 Å². The first kappa shape index (κ1) is 18.7. The molecule has 2 aromatic carbocycles. The van der Waals surface area contributed by atoms with Gasteiger partial charge >= 0.3 is 0 Å². The van der Waals surface area contributed by atoms with Gasteiger partial charge in [-0.2, -0.15) is 0 Å². The Labute approximate surface area is 163 Å². The molecule has 1 N–H and O–H groups in total. The lowest BCUT2D eigenvalue weighted by molar-refractivity contribution is 0.0390. The lowest BCUT2D eigenvalue weighted by atomic mass is 10.0. The predicted octanol–water partition coefficient (Wildman–Crippen LogP) is 3.87. The number of fused-ring (bicyclic) bond motifs is 1. The van der Waals surface area contributed by atoms with Gasteiger partial charge in [0.1, 0.15) is 6.61 Å². The second kappa shape index (κ2) is 8.54. The van der Waals surface area contributed by atoms with Crippen molar-refractivity contribution in [3.63, 3.8) is 0 Å². The largest absolute Gasteiger partial charge is 0.381 e. The van der Waals surface area contributed by atoms with Crippen LogP contribution in [0, 0.1) is 5.92 Å². The number of rotatable bonds is 7. The van der Waals surface area contributed by atoms with Gasteiger partial charge in [-0.3, -0.25) is 4.79 Å². The second-order valence-corrected chi connectivity index (χ2v) is 7.18. The van der Waals surface area contributed by atoms with Crippen molar-refractivity contribution in [2.75, 3.05) is 19.8 Å². The highest BCUT2D eigenvalue weighted by Crippen LogP contribution is 2.23. The van der Waals surface area contributed by atoms with Gasteiger partial charge in [-0.25, -0.2) is 0 Å². The molecule has 0 bridgehead atoms. The molecule has 2 atom stereocenters. The summed E-state index contributed by atoms with van der Waals surface area (Å²) in [5.41, 5.74) is 1.37. The van der Waals surface area contributed by atoms with Crippen LogP contribution in [0.15, 0.2) is 53.1 Å². The molecule has 6 heteroatoms. The maximum Gasteiger partial charge on any atom is 0.273 e. The number of aromatic nitrogens is 1. The summed E-state index contributed by atoms with van der Waals surface area (Å²) in [4.78, 5) is 12.2. The average molecular weight is 380 g/mol. The van der Waals surface area contributed by atoms with E-state index < -0.39 is 0 Å². The van der Waals surface area contributed by atoms with Gasteiger partial charge in [-0.05, 0) is 35.7 Å². The van der Waals surface area contributed by atoms with Crippen LogP contribution in [0.25, 0.3) is 10.8 Å². The highest BCUT2D eigenvalue weighted by atomic mass is 16.5. The molecule has 3 aromatic rings. The molecule has 0 aliphatic carbocycles. The van der Waals surface area contributed by atoms with Crippen molar-refractivity contribution in [3.05, 3.63) is 65.5 Å². The molecule has 0 saturated carbocycles. The quantitative estimate of drug-likeness (QED) is 0.673. The van der Waals surface area contributed by atoms with Crippen LogP contribution in [0.5, 0.6) is 0 Å². The topological polar surface area (TPSA) is 73.6 Å². The minimum Gasteiger partial charge on any atom is -0.381 e. The lowest BCUT2D eigenvalue weighted by Crippen LogP contribution is -2.29. The zero-order valence-electron chi connectivity index (χ0n) is 15.9. The molecule has 1 saturated heterocycles. The molecule has 2 heterocycles. The normalized spacial score (nSPS) is 17.7. The molecule has 4 rings (SSSR count). The van der Waals surface area contributed by atoms with Crippen LogP contribution in [0.2, 0.25) is 0 Å². The monoisotopic (exact) mass is 380 g/mol. The number of hydrogen-bond acceptors (Lipinski definition) is 5. The van der Waals surface area contributed by atoms with Crippen molar-refractivity contribution < 1.29 is 18.8 Å². The summed E-state index contributed by atoms with van der Waals surface area (Å²) >= 11 is 0. The molecule has 1 fully saturated rings. The van der Waals surface area contributed by atoms with Crippen LogP contribution in [0.4, 0.5) is 0 Å². The van der Waals surface area contributed by atoms with E-state index in [0.717, 1.165) is 18.6 Å². The Morgan fingerprint density at radius 1 is 1.25 bits per heavy atom. The Morgan fingerprint density at radius 2 is 2.11 bits per heavy atom. The van der Waals surface area contributed by atoms with E-state index in [-0.39, 0.29) is 24.3 Å².